The maximum absolute atomic E-state index is 12.7. The van der Waals surface area contributed by atoms with Crippen LogP contribution in [-0.2, 0) is 9.59 Å². The van der Waals surface area contributed by atoms with Crippen LogP contribution in [0.4, 0.5) is 10.5 Å². The highest BCUT2D eigenvalue weighted by Gasteiger charge is 2.36. The number of imide groups is 1. The monoisotopic (exact) mass is 426 g/mol. The normalized spacial score (nSPS) is 14.9. The molecule has 1 N–H and O–H groups in total. The maximum Gasteiger partial charge on any atom is 0.294 e. The molecule has 3 amide bonds. The van der Waals surface area contributed by atoms with Gasteiger partial charge in [0.1, 0.15) is 6.54 Å². The molecule has 0 aromatic heterocycles. The number of anilines is 1. The third kappa shape index (κ3) is 4.65. The van der Waals surface area contributed by atoms with Crippen molar-refractivity contribution in [2.45, 2.75) is 13.8 Å². The standard InChI is InChI=1S/C22H22N2O5S/c1-13-8-14(2)10-16(9-13)23-19(25)12-24-21(26)18(30-22(24)27)11-15-6-5-7-17(28-3)20(15)29-4/h5-11H,12H2,1-4H3,(H,23,25)/b18-11+. The van der Waals surface area contributed by atoms with Crippen molar-refractivity contribution in [1.29, 1.82) is 0 Å². The molecule has 0 unspecified atom stereocenters. The van der Waals surface area contributed by atoms with Crippen LogP contribution in [0, 0.1) is 13.8 Å². The fourth-order valence-corrected chi connectivity index (χ4v) is 4.02. The molecular weight excluding hydrogens is 404 g/mol. The Morgan fingerprint density at radius 2 is 1.80 bits per heavy atom. The molecule has 0 bridgehead atoms. The Hall–Kier alpha value is -3.26. The van der Waals surface area contributed by atoms with Crippen LogP contribution in [-0.4, -0.2) is 42.7 Å². The number of nitrogens with one attached hydrogen (secondary N) is 1. The Balaban J connectivity index is 1.76. The Bertz CT molecular complexity index is 1030. The molecular formula is C22H22N2O5S. The summed E-state index contributed by atoms with van der Waals surface area (Å²) in [4.78, 5) is 38.6. The Morgan fingerprint density at radius 3 is 2.43 bits per heavy atom. The Labute approximate surface area is 179 Å². The summed E-state index contributed by atoms with van der Waals surface area (Å²) in [5.74, 6) is 0.00520. The van der Waals surface area contributed by atoms with E-state index in [1.54, 1.807) is 24.3 Å². The predicted molar refractivity (Wildman–Crippen MR) is 117 cm³/mol. The zero-order valence-corrected chi connectivity index (χ0v) is 18.0. The third-order valence-electron chi connectivity index (χ3n) is 4.40. The van der Waals surface area contributed by atoms with E-state index >= 15 is 0 Å². The zero-order chi connectivity index (χ0) is 21.8. The number of methoxy groups -OCH3 is 2. The Kier molecular flexibility index (Phi) is 6.47. The fourth-order valence-electron chi connectivity index (χ4n) is 3.19. The molecule has 3 rings (SSSR count). The quantitative estimate of drug-likeness (QED) is 0.703. The molecule has 0 spiro atoms. The number of carbonyl (C=O) groups is 3. The first-order valence-electron chi connectivity index (χ1n) is 9.17. The van der Waals surface area contributed by atoms with Crippen molar-refractivity contribution in [3.05, 3.63) is 58.0 Å². The SMILES string of the molecule is COc1cccc(/C=C2/SC(=O)N(CC(=O)Nc3cc(C)cc(C)c3)C2=O)c1OC. The van der Waals surface area contributed by atoms with Crippen LogP contribution in [0.15, 0.2) is 41.3 Å². The number of amides is 3. The number of benzene rings is 2. The average Bonchev–Trinajstić information content (AvgIpc) is 2.94. The number of aryl methyl sites for hydroxylation is 2. The van der Waals surface area contributed by atoms with Crippen molar-refractivity contribution in [2.24, 2.45) is 0 Å². The topological polar surface area (TPSA) is 84.9 Å². The van der Waals surface area contributed by atoms with Crippen molar-refractivity contribution in [2.75, 3.05) is 26.1 Å². The summed E-state index contributed by atoms with van der Waals surface area (Å²) in [6.07, 6.45) is 1.56. The summed E-state index contributed by atoms with van der Waals surface area (Å²) in [6, 6.07) is 10.9. The highest BCUT2D eigenvalue weighted by atomic mass is 32.2. The van der Waals surface area contributed by atoms with Gasteiger partial charge in [-0.05, 0) is 61.0 Å². The molecule has 8 heteroatoms. The molecule has 0 aliphatic carbocycles. The number of para-hydroxylation sites is 1. The van der Waals surface area contributed by atoms with Gasteiger partial charge in [-0.3, -0.25) is 19.3 Å². The maximum atomic E-state index is 12.7. The van der Waals surface area contributed by atoms with Gasteiger partial charge in [0, 0.05) is 11.3 Å². The van der Waals surface area contributed by atoms with Crippen molar-refractivity contribution >= 4 is 40.6 Å². The number of hydrogen-bond donors (Lipinski definition) is 1. The molecule has 0 atom stereocenters. The summed E-state index contributed by atoms with van der Waals surface area (Å²) in [5, 5.41) is 2.24. The van der Waals surface area contributed by atoms with E-state index in [0.29, 0.717) is 22.7 Å². The number of ether oxygens (including phenoxy) is 2. The first-order chi connectivity index (χ1) is 14.3. The molecule has 2 aromatic carbocycles. The number of nitrogens with zero attached hydrogens (tertiary/aromatic N) is 1. The smallest absolute Gasteiger partial charge is 0.294 e. The third-order valence-corrected chi connectivity index (χ3v) is 5.31. The number of hydrogen-bond acceptors (Lipinski definition) is 6. The van der Waals surface area contributed by atoms with E-state index in [1.807, 2.05) is 32.0 Å². The molecule has 30 heavy (non-hydrogen) atoms. The summed E-state index contributed by atoms with van der Waals surface area (Å²) in [6.45, 7) is 3.50. The second-order valence-corrected chi connectivity index (χ2v) is 7.77. The molecule has 0 saturated carbocycles. The molecule has 1 aliphatic rings. The minimum atomic E-state index is -0.523. The second kappa shape index (κ2) is 9.04. The van der Waals surface area contributed by atoms with Gasteiger partial charge in [-0.2, -0.15) is 0 Å². The van der Waals surface area contributed by atoms with Gasteiger partial charge in [0.25, 0.3) is 11.1 Å². The molecule has 0 radical (unpaired) electrons. The lowest BCUT2D eigenvalue weighted by Gasteiger charge is -2.13. The van der Waals surface area contributed by atoms with Crippen LogP contribution in [0.2, 0.25) is 0 Å². The van der Waals surface area contributed by atoms with Gasteiger partial charge in [0.15, 0.2) is 11.5 Å². The molecule has 1 aliphatic heterocycles. The summed E-state index contributed by atoms with van der Waals surface area (Å²) in [5.41, 5.74) is 3.24. The Morgan fingerprint density at radius 1 is 1.10 bits per heavy atom. The highest BCUT2D eigenvalue weighted by Crippen LogP contribution is 2.37. The van der Waals surface area contributed by atoms with Gasteiger partial charge in [-0.25, -0.2) is 0 Å². The summed E-state index contributed by atoms with van der Waals surface area (Å²) >= 11 is 0.785. The number of carbonyl (C=O) groups excluding carboxylic acids is 3. The van der Waals surface area contributed by atoms with E-state index in [2.05, 4.69) is 5.32 Å². The summed E-state index contributed by atoms with van der Waals surface area (Å²) < 4.78 is 10.6. The van der Waals surface area contributed by atoms with Crippen LogP contribution in [0.5, 0.6) is 11.5 Å². The number of rotatable bonds is 6. The molecule has 156 valence electrons. The van der Waals surface area contributed by atoms with Crippen LogP contribution in [0.3, 0.4) is 0 Å². The van der Waals surface area contributed by atoms with Crippen LogP contribution in [0.1, 0.15) is 16.7 Å². The van der Waals surface area contributed by atoms with Crippen LogP contribution >= 0.6 is 11.8 Å². The molecule has 7 nitrogen and oxygen atoms in total. The molecule has 1 saturated heterocycles. The zero-order valence-electron chi connectivity index (χ0n) is 17.1. The van der Waals surface area contributed by atoms with Crippen molar-refractivity contribution < 1.29 is 23.9 Å². The highest BCUT2D eigenvalue weighted by molar-refractivity contribution is 8.18. The summed E-state index contributed by atoms with van der Waals surface area (Å²) in [7, 11) is 3.02. The van der Waals surface area contributed by atoms with Crippen molar-refractivity contribution in [3.63, 3.8) is 0 Å². The average molecular weight is 426 g/mol. The van der Waals surface area contributed by atoms with E-state index in [4.69, 9.17) is 9.47 Å². The minimum Gasteiger partial charge on any atom is -0.493 e. The van der Waals surface area contributed by atoms with Crippen molar-refractivity contribution in [1.82, 2.24) is 4.90 Å². The van der Waals surface area contributed by atoms with Gasteiger partial charge in [-0.15, -0.1) is 0 Å². The van der Waals surface area contributed by atoms with E-state index in [9.17, 15) is 14.4 Å². The van der Waals surface area contributed by atoms with E-state index in [-0.39, 0.29) is 11.4 Å². The van der Waals surface area contributed by atoms with E-state index in [1.165, 1.54) is 14.2 Å². The molecule has 1 fully saturated rings. The predicted octanol–water partition coefficient (Wildman–Crippen LogP) is 4.00. The lowest BCUT2D eigenvalue weighted by Crippen LogP contribution is -2.36. The van der Waals surface area contributed by atoms with Gasteiger partial charge >= 0.3 is 0 Å². The van der Waals surface area contributed by atoms with Crippen molar-refractivity contribution in [3.8, 4) is 11.5 Å². The first-order valence-corrected chi connectivity index (χ1v) is 9.98. The second-order valence-electron chi connectivity index (χ2n) is 6.78. The largest absolute Gasteiger partial charge is 0.493 e. The first kappa shape index (κ1) is 21.4. The van der Waals surface area contributed by atoms with Gasteiger partial charge < -0.3 is 14.8 Å². The lowest BCUT2D eigenvalue weighted by molar-refractivity contribution is -0.127. The van der Waals surface area contributed by atoms with Crippen LogP contribution in [0.25, 0.3) is 6.08 Å². The van der Waals surface area contributed by atoms with Crippen LogP contribution < -0.4 is 14.8 Å². The number of thioether (sulfide) groups is 1. The van der Waals surface area contributed by atoms with Gasteiger partial charge in [-0.1, -0.05) is 18.2 Å². The van der Waals surface area contributed by atoms with Gasteiger partial charge in [0.2, 0.25) is 5.91 Å². The fraction of sp³-hybridized carbons (Fsp3) is 0.227. The lowest BCUT2D eigenvalue weighted by atomic mass is 10.1. The van der Waals surface area contributed by atoms with E-state index in [0.717, 1.165) is 27.8 Å². The molecule has 1 heterocycles. The van der Waals surface area contributed by atoms with Gasteiger partial charge in [0.05, 0.1) is 19.1 Å². The van der Waals surface area contributed by atoms with E-state index < -0.39 is 17.1 Å². The molecule has 2 aromatic rings. The minimum absolute atomic E-state index is 0.214.